The van der Waals surface area contributed by atoms with Gasteiger partial charge in [-0.1, -0.05) is 6.07 Å². The predicted molar refractivity (Wildman–Crippen MR) is 68.8 cm³/mol. The van der Waals surface area contributed by atoms with Crippen LogP contribution in [0.2, 0.25) is 0 Å². The molecular formula is C14H8F3N3O. The summed E-state index contributed by atoms with van der Waals surface area (Å²) in [5.74, 6) is 0.0353. The maximum Gasteiger partial charge on any atom is 0.417 e. The molecule has 0 aliphatic rings. The van der Waals surface area contributed by atoms with Gasteiger partial charge in [0.2, 0.25) is 0 Å². The molecule has 0 spiro atoms. The Morgan fingerprint density at radius 3 is 2.71 bits per heavy atom. The summed E-state index contributed by atoms with van der Waals surface area (Å²) >= 11 is 0. The number of aromatic nitrogens is 3. The number of carbonyl (C=O) groups is 1. The number of pyridine rings is 2. The number of halogens is 3. The quantitative estimate of drug-likeness (QED) is 0.681. The largest absolute Gasteiger partial charge is 0.417 e. The highest BCUT2D eigenvalue weighted by molar-refractivity contribution is 5.86. The van der Waals surface area contributed by atoms with Crippen molar-refractivity contribution in [1.82, 2.24) is 14.4 Å². The molecule has 0 aliphatic carbocycles. The molecule has 0 unspecified atom stereocenters. The molecule has 0 amide bonds. The average molecular weight is 291 g/mol. The number of hydrogen-bond acceptors (Lipinski definition) is 3. The minimum Gasteiger partial charge on any atom is -0.299 e. The lowest BCUT2D eigenvalue weighted by Crippen LogP contribution is -2.08. The van der Waals surface area contributed by atoms with Gasteiger partial charge in [0.25, 0.3) is 0 Å². The van der Waals surface area contributed by atoms with Crippen LogP contribution in [0, 0.1) is 0 Å². The van der Waals surface area contributed by atoms with E-state index in [9.17, 15) is 18.0 Å². The van der Waals surface area contributed by atoms with Gasteiger partial charge in [-0.05, 0) is 18.2 Å². The van der Waals surface area contributed by atoms with Crippen LogP contribution >= 0.6 is 0 Å². The van der Waals surface area contributed by atoms with E-state index in [-0.39, 0.29) is 17.1 Å². The Bertz CT molecular complexity index is 824. The molecule has 3 aromatic rings. The number of nitrogens with zero attached hydrogens (tertiary/aromatic N) is 3. The first-order valence-corrected chi connectivity index (χ1v) is 5.96. The lowest BCUT2D eigenvalue weighted by molar-refractivity contribution is -0.137. The summed E-state index contributed by atoms with van der Waals surface area (Å²) in [6, 6.07) is 5.84. The molecule has 106 valence electrons. The Hall–Kier alpha value is -2.70. The van der Waals surface area contributed by atoms with Gasteiger partial charge in [-0.15, -0.1) is 0 Å². The third kappa shape index (κ3) is 2.16. The van der Waals surface area contributed by atoms with Crippen molar-refractivity contribution >= 4 is 11.8 Å². The molecule has 7 heteroatoms. The Morgan fingerprint density at radius 1 is 1.19 bits per heavy atom. The molecule has 3 heterocycles. The van der Waals surface area contributed by atoms with Gasteiger partial charge >= 0.3 is 6.18 Å². The van der Waals surface area contributed by atoms with E-state index in [2.05, 4.69) is 9.97 Å². The van der Waals surface area contributed by atoms with E-state index in [1.165, 1.54) is 4.40 Å². The lowest BCUT2D eigenvalue weighted by atomic mass is 10.1. The zero-order valence-electron chi connectivity index (χ0n) is 10.5. The van der Waals surface area contributed by atoms with Crippen molar-refractivity contribution in [1.29, 1.82) is 0 Å². The molecule has 0 aliphatic heterocycles. The Labute approximate surface area is 116 Å². The van der Waals surface area contributed by atoms with Crippen molar-refractivity contribution in [3.05, 3.63) is 54.1 Å². The fourth-order valence-corrected chi connectivity index (χ4v) is 2.16. The highest BCUT2D eigenvalue weighted by Crippen LogP contribution is 2.36. The fraction of sp³-hybridized carbons (Fsp3) is 0.0714. The molecule has 0 radical (unpaired) electrons. The maximum atomic E-state index is 13.1. The van der Waals surface area contributed by atoms with Crippen LogP contribution in [0.3, 0.4) is 0 Å². The van der Waals surface area contributed by atoms with Gasteiger partial charge in [0.15, 0.2) is 6.29 Å². The van der Waals surface area contributed by atoms with Crippen molar-refractivity contribution in [3.8, 4) is 11.4 Å². The number of hydrogen-bond donors (Lipinski definition) is 0. The third-order valence-corrected chi connectivity index (χ3v) is 3.06. The Balaban J connectivity index is 2.34. The monoisotopic (exact) mass is 291 g/mol. The number of carbonyl (C=O) groups excluding carboxylic acids is 1. The summed E-state index contributed by atoms with van der Waals surface area (Å²) in [5, 5.41) is 0. The highest BCUT2D eigenvalue weighted by Gasteiger charge is 2.34. The van der Waals surface area contributed by atoms with Crippen molar-refractivity contribution in [2.24, 2.45) is 0 Å². The van der Waals surface area contributed by atoms with E-state index < -0.39 is 11.7 Å². The first kappa shape index (κ1) is 13.3. The smallest absolute Gasteiger partial charge is 0.299 e. The second-order valence-electron chi connectivity index (χ2n) is 4.31. The van der Waals surface area contributed by atoms with Crippen LogP contribution in [0.4, 0.5) is 13.2 Å². The van der Waals surface area contributed by atoms with Crippen molar-refractivity contribution < 1.29 is 18.0 Å². The second kappa shape index (κ2) is 4.69. The lowest BCUT2D eigenvalue weighted by Gasteiger charge is -2.11. The first-order chi connectivity index (χ1) is 10.0. The normalized spacial score (nSPS) is 11.8. The topological polar surface area (TPSA) is 47.3 Å². The van der Waals surface area contributed by atoms with Crippen molar-refractivity contribution in [2.45, 2.75) is 6.18 Å². The minimum atomic E-state index is -4.53. The van der Waals surface area contributed by atoms with Crippen LogP contribution in [-0.4, -0.2) is 20.7 Å². The Kier molecular flexibility index (Phi) is 2.97. The number of fused-ring (bicyclic) bond motifs is 1. The molecule has 3 rings (SSSR count). The molecule has 0 saturated carbocycles. The number of alkyl halides is 3. The van der Waals surface area contributed by atoms with E-state index >= 15 is 0 Å². The van der Waals surface area contributed by atoms with Gasteiger partial charge < -0.3 is 0 Å². The van der Waals surface area contributed by atoms with Crippen molar-refractivity contribution in [2.75, 3.05) is 0 Å². The summed E-state index contributed by atoms with van der Waals surface area (Å²) in [6.07, 6.45) is -0.289. The molecule has 0 saturated heterocycles. The van der Waals surface area contributed by atoms with Gasteiger partial charge in [-0.3, -0.25) is 14.2 Å². The molecule has 3 aromatic heterocycles. The van der Waals surface area contributed by atoms with Gasteiger partial charge in [-0.25, -0.2) is 4.98 Å². The second-order valence-corrected chi connectivity index (χ2v) is 4.31. The molecular weight excluding hydrogens is 283 g/mol. The predicted octanol–water partition coefficient (Wildman–Crippen LogP) is 3.23. The van der Waals surface area contributed by atoms with E-state index in [4.69, 9.17) is 0 Å². The zero-order valence-corrected chi connectivity index (χ0v) is 10.5. The number of imidazole rings is 1. The summed E-state index contributed by atoms with van der Waals surface area (Å²) in [7, 11) is 0. The van der Waals surface area contributed by atoms with Gasteiger partial charge in [0.1, 0.15) is 11.5 Å². The summed E-state index contributed by atoms with van der Waals surface area (Å²) < 4.78 is 40.7. The van der Waals surface area contributed by atoms with Gasteiger partial charge in [-0.2, -0.15) is 13.2 Å². The van der Waals surface area contributed by atoms with Crippen LogP contribution in [0.1, 0.15) is 16.1 Å². The average Bonchev–Trinajstić information content (AvgIpc) is 2.85. The molecule has 0 atom stereocenters. The van der Waals surface area contributed by atoms with Gasteiger partial charge in [0, 0.05) is 24.2 Å². The standard InChI is InChI=1S/C14H8F3N3O/c15-14(16,17)10-4-5-18-7-9(10)13-19-11(8-21)12-3-1-2-6-20(12)13/h1-8H. The minimum absolute atomic E-state index is 0.0353. The summed E-state index contributed by atoms with van der Waals surface area (Å²) in [4.78, 5) is 18.8. The number of rotatable bonds is 2. The van der Waals surface area contributed by atoms with Crippen LogP contribution < -0.4 is 0 Å². The van der Waals surface area contributed by atoms with E-state index in [1.807, 2.05) is 0 Å². The van der Waals surface area contributed by atoms with Crippen LogP contribution in [0.5, 0.6) is 0 Å². The van der Waals surface area contributed by atoms with E-state index in [0.717, 1.165) is 18.5 Å². The summed E-state index contributed by atoms with van der Waals surface area (Å²) in [6.45, 7) is 0. The first-order valence-electron chi connectivity index (χ1n) is 5.96. The summed E-state index contributed by atoms with van der Waals surface area (Å²) in [5.41, 5.74) is -0.480. The SMILES string of the molecule is O=Cc1nc(-c2cnccc2C(F)(F)F)n2ccccc12. The third-order valence-electron chi connectivity index (χ3n) is 3.06. The molecule has 0 aromatic carbocycles. The maximum absolute atomic E-state index is 13.1. The van der Waals surface area contributed by atoms with Crippen LogP contribution in [0.25, 0.3) is 16.9 Å². The number of aldehydes is 1. The van der Waals surface area contributed by atoms with Gasteiger partial charge in [0.05, 0.1) is 11.1 Å². The molecule has 4 nitrogen and oxygen atoms in total. The van der Waals surface area contributed by atoms with Crippen LogP contribution in [0.15, 0.2) is 42.9 Å². The van der Waals surface area contributed by atoms with E-state index in [1.54, 1.807) is 24.4 Å². The molecule has 0 bridgehead atoms. The highest BCUT2D eigenvalue weighted by atomic mass is 19.4. The zero-order chi connectivity index (χ0) is 15.0. The molecule has 21 heavy (non-hydrogen) atoms. The van der Waals surface area contributed by atoms with Crippen LogP contribution in [-0.2, 0) is 6.18 Å². The van der Waals surface area contributed by atoms with Crippen molar-refractivity contribution in [3.63, 3.8) is 0 Å². The fourth-order valence-electron chi connectivity index (χ4n) is 2.16. The molecule has 0 N–H and O–H groups in total. The Morgan fingerprint density at radius 2 is 2.00 bits per heavy atom. The molecule has 0 fully saturated rings. The van der Waals surface area contributed by atoms with E-state index in [0.29, 0.717) is 11.8 Å².